The highest BCUT2D eigenvalue weighted by atomic mass is 32.1. The fourth-order valence-corrected chi connectivity index (χ4v) is 3.66. The third-order valence-electron chi connectivity index (χ3n) is 4.85. The van der Waals surface area contributed by atoms with E-state index in [2.05, 4.69) is 53.7 Å². The number of carbonyl (C=O) groups excluding carboxylic acids is 1. The summed E-state index contributed by atoms with van der Waals surface area (Å²) >= 11 is 1.27. The summed E-state index contributed by atoms with van der Waals surface area (Å²) in [4.78, 5) is 27.5. The molecule has 29 heavy (non-hydrogen) atoms. The average Bonchev–Trinajstić information content (AvgIpc) is 3.28. The SMILES string of the molecule is CCc1cc(N2CCC(Nc3ccc(C(=O)Nc4nncs4)cn3)CC2)ncn1. The van der Waals surface area contributed by atoms with Gasteiger partial charge in [0.15, 0.2) is 0 Å². The highest BCUT2D eigenvalue weighted by molar-refractivity contribution is 7.13. The zero-order chi connectivity index (χ0) is 20.1. The summed E-state index contributed by atoms with van der Waals surface area (Å²) in [5, 5.41) is 14.1. The van der Waals surface area contributed by atoms with Crippen molar-refractivity contribution < 1.29 is 4.79 Å². The van der Waals surface area contributed by atoms with E-state index in [4.69, 9.17) is 0 Å². The molecular weight excluding hydrogens is 388 g/mol. The summed E-state index contributed by atoms with van der Waals surface area (Å²) in [7, 11) is 0. The Morgan fingerprint density at radius 1 is 1.24 bits per heavy atom. The number of hydrogen-bond donors (Lipinski definition) is 2. The van der Waals surface area contributed by atoms with Crippen LogP contribution < -0.4 is 15.5 Å². The number of pyridine rings is 1. The average molecular weight is 411 g/mol. The Balaban J connectivity index is 1.29. The summed E-state index contributed by atoms with van der Waals surface area (Å²) in [5.74, 6) is 1.52. The van der Waals surface area contributed by atoms with Gasteiger partial charge in [-0.25, -0.2) is 15.0 Å². The van der Waals surface area contributed by atoms with Crippen molar-refractivity contribution in [3.63, 3.8) is 0 Å². The van der Waals surface area contributed by atoms with Gasteiger partial charge < -0.3 is 10.2 Å². The molecule has 0 saturated carbocycles. The monoisotopic (exact) mass is 410 g/mol. The van der Waals surface area contributed by atoms with E-state index in [9.17, 15) is 4.79 Å². The van der Waals surface area contributed by atoms with Crippen LogP contribution in [-0.4, -0.2) is 50.2 Å². The molecule has 150 valence electrons. The van der Waals surface area contributed by atoms with Crippen LogP contribution in [0.5, 0.6) is 0 Å². The first-order chi connectivity index (χ1) is 14.2. The molecule has 0 atom stereocenters. The van der Waals surface area contributed by atoms with Crippen LogP contribution in [0.15, 0.2) is 36.2 Å². The number of carbonyl (C=O) groups is 1. The third-order valence-corrected chi connectivity index (χ3v) is 5.46. The lowest BCUT2D eigenvalue weighted by Gasteiger charge is -2.33. The molecule has 0 unspecified atom stereocenters. The topological polar surface area (TPSA) is 109 Å². The molecule has 2 N–H and O–H groups in total. The molecule has 0 aromatic carbocycles. The van der Waals surface area contributed by atoms with Crippen LogP contribution in [0.4, 0.5) is 16.8 Å². The van der Waals surface area contributed by atoms with Gasteiger partial charge in [0.1, 0.15) is 23.5 Å². The summed E-state index contributed by atoms with van der Waals surface area (Å²) < 4.78 is 0. The van der Waals surface area contributed by atoms with Crippen LogP contribution >= 0.6 is 11.3 Å². The quantitative estimate of drug-likeness (QED) is 0.638. The van der Waals surface area contributed by atoms with Crippen molar-refractivity contribution in [2.45, 2.75) is 32.2 Å². The van der Waals surface area contributed by atoms with Gasteiger partial charge in [-0.05, 0) is 31.4 Å². The van der Waals surface area contributed by atoms with Crippen LogP contribution in [0.2, 0.25) is 0 Å². The minimum absolute atomic E-state index is 0.245. The summed E-state index contributed by atoms with van der Waals surface area (Å²) in [6, 6.07) is 6.00. The van der Waals surface area contributed by atoms with Gasteiger partial charge in [0, 0.05) is 37.1 Å². The highest BCUT2D eigenvalue weighted by Crippen LogP contribution is 2.20. The van der Waals surface area contributed by atoms with Gasteiger partial charge in [0.2, 0.25) is 5.13 Å². The van der Waals surface area contributed by atoms with Crippen molar-refractivity contribution >= 4 is 34.0 Å². The van der Waals surface area contributed by atoms with Crippen LogP contribution in [0, 0.1) is 0 Å². The van der Waals surface area contributed by atoms with Crippen molar-refractivity contribution in [1.29, 1.82) is 0 Å². The number of nitrogens with one attached hydrogen (secondary N) is 2. The van der Waals surface area contributed by atoms with Crippen molar-refractivity contribution in [3.8, 4) is 0 Å². The van der Waals surface area contributed by atoms with E-state index in [-0.39, 0.29) is 5.91 Å². The summed E-state index contributed by atoms with van der Waals surface area (Å²) in [6.45, 7) is 3.96. The fourth-order valence-electron chi connectivity index (χ4n) is 3.22. The molecule has 0 bridgehead atoms. The van der Waals surface area contributed by atoms with Gasteiger partial charge in [0.05, 0.1) is 5.56 Å². The Kier molecular flexibility index (Phi) is 5.89. The van der Waals surface area contributed by atoms with E-state index < -0.39 is 0 Å². The Bertz CT molecular complexity index is 939. The smallest absolute Gasteiger partial charge is 0.259 e. The fraction of sp³-hybridized carbons (Fsp3) is 0.368. The number of aryl methyl sites for hydroxylation is 1. The lowest BCUT2D eigenvalue weighted by atomic mass is 10.0. The van der Waals surface area contributed by atoms with Gasteiger partial charge in [-0.3, -0.25) is 10.1 Å². The van der Waals surface area contributed by atoms with Crippen molar-refractivity contribution in [1.82, 2.24) is 25.1 Å². The maximum atomic E-state index is 12.2. The second-order valence-corrected chi connectivity index (χ2v) is 7.59. The van der Waals surface area contributed by atoms with Gasteiger partial charge in [-0.15, -0.1) is 10.2 Å². The maximum Gasteiger partial charge on any atom is 0.259 e. The molecule has 1 aliphatic heterocycles. The van der Waals surface area contributed by atoms with Crippen LogP contribution in [0.1, 0.15) is 35.8 Å². The minimum atomic E-state index is -0.245. The Labute approximate surface area is 172 Å². The number of hydrogen-bond acceptors (Lipinski definition) is 9. The molecule has 3 aromatic rings. The predicted molar refractivity (Wildman–Crippen MR) is 112 cm³/mol. The summed E-state index contributed by atoms with van der Waals surface area (Å²) in [6.07, 6.45) is 6.11. The largest absolute Gasteiger partial charge is 0.367 e. The van der Waals surface area contributed by atoms with Crippen molar-refractivity contribution in [3.05, 3.63) is 47.5 Å². The zero-order valence-corrected chi connectivity index (χ0v) is 16.9. The number of nitrogens with zero attached hydrogens (tertiary/aromatic N) is 6. The minimum Gasteiger partial charge on any atom is -0.367 e. The van der Waals surface area contributed by atoms with E-state index in [1.165, 1.54) is 11.3 Å². The molecule has 4 heterocycles. The molecule has 0 radical (unpaired) electrons. The third kappa shape index (κ3) is 4.83. The van der Waals surface area contributed by atoms with E-state index in [0.29, 0.717) is 16.7 Å². The van der Waals surface area contributed by atoms with E-state index in [0.717, 1.165) is 49.7 Å². The normalized spacial score (nSPS) is 14.6. The Morgan fingerprint density at radius 2 is 2.10 bits per heavy atom. The van der Waals surface area contributed by atoms with Crippen molar-refractivity contribution in [2.24, 2.45) is 0 Å². The molecule has 9 nitrogen and oxygen atoms in total. The van der Waals surface area contributed by atoms with Crippen LogP contribution in [-0.2, 0) is 6.42 Å². The number of aromatic nitrogens is 5. The standard InChI is InChI=1S/C19H22N8OS/c1-2-14-9-17(22-11-21-14)27-7-5-15(6-8-27)24-16-4-3-13(10-20-16)18(28)25-19-26-23-12-29-19/h3-4,9-12,15H,2,5-8H2,1H3,(H,20,24)(H,25,26,28). The zero-order valence-electron chi connectivity index (χ0n) is 16.1. The number of rotatable bonds is 6. The number of piperidine rings is 1. The van der Waals surface area contributed by atoms with Crippen molar-refractivity contribution in [2.75, 3.05) is 28.6 Å². The molecule has 4 rings (SSSR count). The molecule has 1 amide bonds. The molecule has 10 heteroatoms. The Morgan fingerprint density at radius 3 is 2.79 bits per heavy atom. The maximum absolute atomic E-state index is 12.2. The predicted octanol–water partition coefficient (Wildman–Crippen LogP) is 2.62. The molecular formula is C19H22N8OS. The number of anilines is 3. The molecule has 1 aliphatic rings. The molecule has 0 spiro atoms. The molecule has 0 aliphatic carbocycles. The van der Waals surface area contributed by atoms with Gasteiger partial charge in [-0.2, -0.15) is 0 Å². The lowest BCUT2D eigenvalue weighted by molar-refractivity contribution is 0.102. The summed E-state index contributed by atoms with van der Waals surface area (Å²) in [5.41, 5.74) is 3.12. The Hall–Kier alpha value is -3.14. The van der Waals surface area contributed by atoms with Gasteiger partial charge in [0.25, 0.3) is 5.91 Å². The first-order valence-corrected chi connectivity index (χ1v) is 10.4. The molecule has 1 saturated heterocycles. The number of amides is 1. The molecule has 1 fully saturated rings. The van der Waals surface area contributed by atoms with E-state index in [1.807, 2.05) is 6.07 Å². The van der Waals surface area contributed by atoms with Crippen LogP contribution in [0.25, 0.3) is 0 Å². The highest BCUT2D eigenvalue weighted by Gasteiger charge is 2.20. The van der Waals surface area contributed by atoms with Gasteiger partial charge in [-0.1, -0.05) is 18.3 Å². The molecule has 3 aromatic heterocycles. The van der Waals surface area contributed by atoms with Crippen LogP contribution in [0.3, 0.4) is 0 Å². The van der Waals surface area contributed by atoms with E-state index >= 15 is 0 Å². The first kappa shape index (κ1) is 19.2. The second-order valence-electron chi connectivity index (χ2n) is 6.76. The lowest BCUT2D eigenvalue weighted by Crippen LogP contribution is -2.39. The second kappa shape index (κ2) is 8.91. The first-order valence-electron chi connectivity index (χ1n) is 9.57. The van der Waals surface area contributed by atoms with E-state index in [1.54, 1.807) is 24.1 Å². The van der Waals surface area contributed by atoms with Gasteiger partial charge >= 0.3 is 0 Å².